The number of nitrogens with one attached hydrogen (secondary N) is 1. The molecule has 0 saturated carbocycles. The van der Waals surface area contributed by atoms with Gasteiger partial charge in [0.2, 0.25) is 0 Å². The standard InChI is InChI=1S/C20H23NO4/c1-3-18(20(23)21-14-16-7-5-4-6-8-16)25-17-11-9-15(10-12-17)13-19(22)24-2/h4-12,18H,3,13-14H2,1-2H3,(H,21,23). The van der Waals surface area contributed by atoms with Gasteiger partial charge in [0.15, 0.2) is 6.10 Å². The number of carbonyl (C=O) groups is 2. The molecule has 2 rings (SSSR count). The third kappa shape index (κ3) is 5.95. The lowest BCUT2D eigenvalue weighted by atomic mass is 10.1. The van der Waals surface area contributed by atoms with E-state index in [9.17, 15) is 9.59 Å². The molecule has 1 unspecified atom stereocenters. The van der Waals surface area contributed by atoms with Crippen LogP contribution in [0.5, 0.6) is 5.75 Å². The molecular formula is C20H23NO4. The molecule has 5 heteroatoms. The van der Waals surface area contributed by atoms with Crippen molar-refractivity contribution in [3.05, 3.63) is 65.7 Å². The molecule has 2 aromatic rings. The van der Waals surface area contributed by atoms with Gasteiger partial charge in [-0.05, 0) is 29.7 Å². The van der Waals surface area contributed by atoms with E-state index in [4.69, 9.17) is 4.74 Å². The van der Waals surface area contributed by atoms with E-state index in [-0.39, 0.29) is 18.3 Å². The molecule has 5 nitrogen and oxygen atoms in total. The fourth-order valence-corrected chi connectivity index (χ4v) is 2.31. The number of amides is 1. The van der Waals surface area contributed by atoms with Gasteiger partial charge in [-0.1, -0.05) is 49.4 Å². The molecule has 0 radical (unpaired) electrons. The summed E-state index contributed by atoms with van der Waals surface area (Å²) in [6.07, 6.45) is 0.214. The Bertz CT molecular complexity index is 683. The van der Waals surface area contributed by atoms with Gasteiger partial charge in [-0.15, -0.1) is 0 Å². The van der Waals surface area contributed by atoms with Gasteiger partial charge in [-0.3, -0.25) is 9.59 Å². The Morgan fingerprint density at radius 1 is 1.00 bits per heavy atom. The van der Waals surface area contributed by atoms with Crippen molar-refractivity contribution in [1.82, 2.24) is 5.32 Å². The van der Waals surface area contributed by atoms with Crippen LogP contribution in [0.2, 0.25) is 0 Å². The summed E-state index contributed by atoms with van der Waals surface area (Å²) >= 11 is 0. The van der Waals surface area contributed by atoms with E-state index in [2.05, 4.69) is 10.1 Å². The Balaban J connectivity index is 1.89. The molecule has 1 atom stereocenters. The van der Waals surface area contributed by atoms with Crippen LogP contribution in [0.4, 0.5) is 0 Å². The van der Waals surface area contributed by atoms with Gasteiger partial charge in [-0.2, -0.15) is 0 Å². The summed E-state index contributed by atoms with van der Waals surface area (Å²) < 4.78 is 10.4. The molecule has 0 saturated heterocycles. The van der Waals surface area contributed by atoms with Crippen molar-refractivity contribution in [3.63, 3.8) is 0 Å². The Kier molecular flexibility index (Phi) is 7.01. The highest BCUT2D eigenvalue weighted by Crippen LogP contribution is 2.16. The lowest BCUT2D eigenvalue weighted by molar-refractivity contribution is -0.139. The fraction of sp³-hybridized carbons (Fsp3) is 0.300. The predicted molar refractivity (Wildman–Crippen MR) is 95.2 cm³/mol. The molecule has 0 aliphatic heterocycles. The maximum atomic E-state index is 12.3. The highest BCUT2D eigenvalue weighted by Gasteiger charge is 2.18. The first-order valence-electron chi connectivity index (χ1n) is 8.26. The van der Waals surface area contributed by atoms with Crippen molar-refractivity contribution in [3.8, 4) is 5.75 Å². The Morgan fingerprint density at radius 2 is 1.68 bits per heavy atom. The summed E-state index contributed by atoms with van der Waals surface area (Å²) in [5.74, 6) is 0.153. The minimum atomic E-state index is -0.560. The van der Waals surface area contributed by atoms with Crippen LogP contribution < -0.4 is 10.1 Å². The maximum Gasteiger partial charge on any atom is 0.309 e. The van der Waals surface area contributed by atoms with Gasteiger partial charge in [-0.25, -0.2) is 0 Å². The van der Waals surface area contributed by atoms with Crippen molar-refractivity contribution in [1.29, 1.82) is 0 Å². The molecule has 1 N–H and O–H groups in total. The number of hydrogen-bond acceptors (Lipinski definition) is 4. The van der Waals surface area contributed by atoms with Crippen molar-refractivity contribution < 1.29 is 19.1 Å². The molecule has 1 amide bonds. The minimum Gasteiger partial charge on any atom is -0.481 e. The van der Waals surface area contributed by atoms with Crippen molar-refractivity contribution in [2.24, 2.45) is 0 Å². The van der Waals surface area contributed by atoms with Gasteiger partial charge in [0.05, 0.1) is 13.5 Å². The second kappa shape index (κ2) is 9.47. The van der Waals surface area contributed by atoms with Crippen molar-refractivity contribution >= 4 is 11.9 Å². The SMILES string of the molecule is CCC(Oc1ccc(CC(=O)OC)cc1)C(=O)NCc1ccccc1. The molecule has 132 valence electrons. The predicted octanol–water partition coefficient (Wildman–Crippen LogP) is 2.88. The number of carbonyl (C=O) groups excluding carboxylic acids is 2. The fourth-order valence-electron chi connectivity index (χ4n) is 2.31. The average Bonchev–Trinajstić information content (AvgIpc) is 2.66. The van der Waals surface area contributed by atoms with E-state index in [1.165, 1.54) is 7.11 Å². The second-order valence-electron chi connectivity index (χ2n) is 5.62. The van der Waals surface area contributed by atoms with Crippen LogP contribution in [0.3, 0.4) is 0 Å². The first-order chi connectivity index (χ1) is 12.1. The lowest BCUT2D eigenvalue weighted by Crippen LogP contribution is -2.37. The van der Waals surface area contributed by atoms with E-state index in [1.54, 1.807) is 24.3 Å². The molecule has 0 heterocycles. The zero-order valence-corrected chi connectivity index (χ0v) is 14.5. The van der Waals surface area contributed by atoms with Gasteiger partial charge < -0.3 is 14.8 Å². The zero-order chi connectivity index (χ0) is 18.1. The maximum absolute atomic E-state index is 12.3. The summed E-state index contributed by atoms with van der Waals surface area (Å²) in [6.45, 7) is 2.37. The third-order valence-electron chi connectivity index (χ3n) is 3.75. The largest absolute Gasteiger partial charge is 0.481 e. The van der Waals surface area contributed by atoms with Crippen molar-refractivity contribution in [2.75, 3.05) is 7.11 Å². The minimum absolute atomic E-state index is 0.148. The summed E-state index contributed by atoms with van der Waals surface area (Å²) in [7, 11) is 1.36. The van der Waals surface area contributed by atoms with Gasteiger partial charge in [0.25, 0.3) is 5.91 Å². The van der Waals surface area contributed by atoms with Gasteiger partial charge >= 0.3 is 5.97 Å². The molecule has 2 aromatic carbocycles. The first-order valence-corrected chi connectivity index (χ1v) is 8.26. The molecular weight excluding hydrogens is 318 g/mol. The summed E-state index contributed by atoms with van der Waals surface area (Å²) in [5.41, 5.74) is 1.87. The Labute approximate surface area is 148 Å². The van der Waals surface area contributed by atoms with Crippen LogP contribution in [-0.2, 0) is 27.3 Å². The quantitative estimate of drug-likeness (QED) is 0.750. The van der Waals surface area contributed by atoms with Crippen molar-refractivity contribution in [2.45, 2.75) is 32.4 Å². The van der Waals surface area contributed by atoms with Crippen LogP contribution in [0.1, 0.15) is 24.5 Å². The number of benzene rings is 2. The number of rotatable bonds is 8. The van der Waals surface area contributed by atoms with Crippen LogP contribution in [0, 0.1) is 0 Å². The van der Waals surface area contributed by atoms with E-state index < -0.39 is 6.10 Å². The summed E-state index contributed by atoms with van der Waals surface area (Å²) in [5, 5.41) is 2.89. The Hall–Kier alpha value is -2.82. The van der Waals surface area contributed by atoms with Crippen LogP contribution in [0.25, 0.3) is 0 Å². The summed E-state index contributed by atoms with van der Waals surface area (Å²) in [4.78, 5) is 23.6. The molecule has 0 bridgehead atoms. The van der Waals surface area contributed by atoms with E-state index in [0.29, 0.717) is 18.7 Å². The monoisotopic (exact) mass is 341 g/mol. The number of methoxy groups -OCH3 is 1. The summed E-state index contributed by atoms with van der Waals surface area (Å²) in [6, 6.07) is 16.8. The molecule has 0 fully saturated rings. The highest BCUT2D eigenvalue weighted by molar-refractivity contribution is 5.81. The molecule has 0 spiro atoms. The normalized spacial score (nSPS) is 11.4. The lowest BCUT2D eigenvalue weighted by Gasteiger charge is -2.17. The molecule has 0 aliphatic carbocycles. The highest BCUT2D eigenvalue weighted by atomic mass is 16.5. The van der Waals surface area contributed by atoms with Crippen LogP contribution in [0.15, 0.2) is 54.6 Å². The zero-order valence-electron chi connectivity index (χ0n) is 14.5. The number of hydrogen-bond donors (Lipinski definition) is 1. The Morgan fingerprint density at radius 3 is 2.28 bits per heavy atom. The third-order valence-corrected chi connectivity index (χ3v) is 3.75. The van der Waals surface area contributed by atoms with E-state index in [1.807, 2.05) is 37.3 Å². The van der Waals surface area contributed by atoms with Gasteiger partial charge in [0, 0.05) is 6.54 Å². The number of ether oxygens (including phenoxy) is 2. The molecule has 0 aromatic heterocycles. The van der Waals surface area contributed by atoms with E-state index >= 15 is 0 Å². The van der Waals surface area contributed by atoms with Gasteiger partial charge in [0.1, 0.15) is 5.75 Å². The topological polar surface area (TPSA) is 64.6 Å². The molecule has 0 aliphatic rings. The first kappa shape index (κ1) is 18.5. The second-order valence-corrected chi connectivity index (χ2v) is 5.62. The smallest absolute Gasteiger partial charge is 0.309 e. The van der Waals surface area contributed by atoms with Crippen LogP contribution >= 0.6 is 0 Å². The van der Waals surface area contributed by atoms with E-state index in [0.717, 1.165) is 11.1 Å². The number of esters is 1. The average molecular weight is 341 g/mol. The van der Waals surface area contributed by atoms with Crippen LogP contribution in [-0.4, -0.2) is 25.1 Å². The molecule has 25 heavy (non-hydrogen) atoms.